The van der Waals surface area contributed by atoms with Gasteiger partial charge in [-0.1, -0.05) is 48.5 Å². The lowest BCUT2D eigenvalue weighted by atomic mass is 9.68. The molecule has 1 atom stereocenters. The minimum Gasteiger partial charge on any atom is -0.379 e. The van der Waals surface area contributed by atoms with Gasteiger partial charge >= 0.3 is 0 Å². The van der Waals surface area contributed by atoms with Crippen molar-refractivity contribution in [1.29, 1.82) is 0 Å². The predicted molar refractivity (Wildman–Crippen MR) is 80.9 cm³/mol. The molecule has 0 aromatic heterocycles. The number of ether oxygens (including phenoxy) is 1. The molecule has 0 rings (SSSR count). The Morgan fingerprint density at radius 2 is 1.56 bits per heavy atom. The fourth-order valence-corrected chi connectivity index (χ4v) is 1.87. The summed E-state index contributed by atoms with van der Waals surface area (Å²) in [6.45, 7) is 17.1. The van der Waals surface area contributed by atoms with Crippen LogP contribution in [0.25, 0.3) is 0 Å². The van der Waals surface area contributed by atoms with Crippen LogP contribution in [0.2, 0.25) is 5.31 Å². The zero-order chi connectivity index (χ0) is 14.8. The van der Waals surface area contributed by atoms with Crippen LogP contribution in [0, 0.1) is 10.8 Å². The fraction of sp³-hybridized carbons (Fsp3) is 0.933. The van der Waals surface area contributed by atoms with Crippen LogP contribution in [-0.4, -0.2) is 26.3 Å². The number of hydrogen-bond donors (Lipinski definition) is 0. The van der Waals surface area contributed by atoms with Gasteiger partial charge in [0, 0.05) is 17.4 Å². The van der Waals surface area contributed by atoms with Crippen molar-refractivity contribution in [2.75, 3.05) is 6.61 Å². The second kappa shape index (κ2) is 5.77. The lowest BCUT2D eigenvalue weighted by Gasteiger charge is -2.32. The molecule has 0 heterocycles. The van der Waals surface area contributed by atoms with Crippen molar-refractivity contribution in [3.8, 4) is 0 Å². The van der Waals surface area contributed by atoms with Crippen LogP contribution in [0.5, 0.6) is 0 Å². The van der Waals surface area contributed by atoms with Crippen LogP contribution >= 0.6 is 0 Å². The van der Waals surface area contributed by atoms with Crippen molar-refractivity contribution in [3.05, 3.63) is 0 Å². The maximum absolute atomic E-state index is 12.3. The molecule has 0 aromatic rings. The van der Waals surface area contributed by atoms with Gasteiger partial charge in [0.25, 0.3) is 0 Å². The third-order valence-electron chi connectivity index (χ3n) is 3.61. The van der Waals surface area contributed by atoms with E-state index in [2.05, 4.69) is 28.6 Å². The van der Waals surface area contributed by atoms with Crippen LogP contribution in [0.3, 0.4) is 0 Å². The number of hydrogen-bond acceptors (Lipinski definition) is 2. The van der Waals surface area contributed by atoms with Gasteiger partial charge in [0.2, 0.25) is 0 Å². The van der Waals surface area contributed by atoms with E-state index in [4.69, 9.17) is 4.74 Å². The Kier molecular flexibility index (Phi) is 5.67. The van der Waals surface area contributed by atoms with Crippen LogP contribution in [0.15, 0.2) is 0 Å². The molecule has 106 valence electrons. The maximum Gasteiger partial charge on any atom is 0.143 e. The fourth-order valence-electron chi connectivity index (χ4n) is 1.87. The highest BCUT2D eigenvalue weighted by atomic mass is 16.5. The highest BCUT2D eigenvalue weighted by Crippen LogP contribution is 2.33. The Bertz CT molecular complexity index is 282. The van der Waals surface area contributed by atoms with E-state index < -0.39 is 0 Å². The summed E-state index contributed by atoms with van der Waals surface area (Å²) in [5.41, 5.74) is -0.588. The minimum atomic E-state index is -0.310. The standard InChI is InChI=1S/C15H31BO2/c1-11(15(7,8)16)18-10-9-14(5,6)12(17)13(2,3)4/h11H,9-10,16H2,1-8H3. The molecule has 0 amide bonds. The summed E-state index contributed by atoms with van der Waals surface area (Å²) in [4.78, 5) is 12.3. The van der Waals surface area contributed by atoms with Gasteiger partial charge in [0.05, 0.1) is 6.10 Å². The first-order valence-electron chi connectivity index (χ1n) is 6.95. The molecule has 3 heteroatoms. The Labute approximate surface area is 114 Å². The van der Waals surface area contributed by atoms with E-state index in [-0.39, 0.29) is 22.2 Å². The molecule has 2 nitrogen and oxygen atoms in total. The van der Waals surface area contributed by atoms with Crippen molar-refractivity contribution < 1.29 is 9.53 Å². The van der Waals surface area contributed by atoms with Gasteiger partial charge in [-0.25, -0.2) is 0 Å². The van der Waals surface area contributed by atoms with E-state index in [1.807, 2.05) is 34.6 Å². The number of carbonyl (C=O) groups is 1. The van der Waals surface area contributed by atoms with E-state index in [1.54, 1.807) is 0 Å². The van der Waals surface area contributed by atoms with Crippen molar-refractivity contribution in [2.45, 2.75) is 73.2 Å². The van der Waals surface area contributed by atoms with E-state index in [0.717, 1.165) is 6.42 Å². The second-order valence-electron chi connectivity index (χ2n) is 8.09. The van der Waals surface area contributed by atoms with Crippen molar-refractivity contribution >= 4 is 13.6 Å². The Morgan fingerprint density at radius 3 is 1.89 bits per heavy atom. The molecular weight excluding hydrogens is 223 g/mol. The number of Topliss-reactive ketones (excluding diaryl/α,β-unsaturated/α-hetero) is 1. The maximum atomic E-state index is 12.3. The van der Waals surface area contributed by atoms with Gasteiger partial charge in [-0.05, 0) is 18.7 Å². The molecule has 0 fully saturated rings. The van der Waals surface area contributed by atoms with Crippen molar-refractivity contribution in [2.24, 2.45) is 10.8 Å². The molecular formula is C15H31BO2. The Morgan fingerprint density at radius 1 is 1.11 bits per heavy atom. The van der Waals surface area contributed by atoms with E-state index in [9.17, 15) is 4.79 Å². The smallest absolute Gasteiger partial charge is 0.143 e. The van der Waals surface area contributed by atoms with E-state index in [1.165, 1.54) is 0 Å². The van der Waals surface area contributed by atoms with Crippen molar-refractivity contribution in [3.63, 3.8) is 0 Å². The normalized spacial score (nSPS) is 15.6. The van der Waals surface area contributed by atoms with Crippen LogP contribution in [0.1, 0.15) is 61.8 Å². The first-order valence-corrected chi connectivity index (χ1v) is 6.95. The molecule has 0 radical (unpaired) electrons. The van der Waals surface area contributed by atoms with Crippen LogP contribution in [0.4, 0.5) is 0 Å². The first-order chi connectivity index (χ1) is 7.78. The number of ketones is 1. The SMILES string of the molecule is BC(C)(C)C(C)OCCC(C)(C)C(=O)C(C)(C)C. The van der Waals surface area contributed by atoms with Gasteiger partial charge in [-0.2, -0.15) is 0 Å². The molecule has 0 saturated heterocycles. The largest absolute Gasteiger partial charge is 0.379 e. The van der Waals surface area contributed by atoms with Crippen molar-refractivity contribution in [1.82, 2.24) is 0 Å². The minimum absolute atomic E-state index is 0.151. The molecule has 0 N–H and O–H groups in total. The predicted octanol–water partition coefficient (Wildman–Crippen LogP) is 3.25. The summed E-state index contributed by atoms with van der Waals surface area (Å²) >= 11 is 0. The Hall–Kier alpha value is -0.305. The molecule has 18 heavy (non-hydrogen) atoms. The Balaban J connectivity index is 4.34. The van der Waals surface area contributed by atoms with Gasteiger partial charge in [0.15, 0.2) is 0 Å². The monoisotopic (exact) mass is 254 g/mol. The summed E-state index contributed by atoms with van der Waals surface area (Å²) in [5.74, 6) is 0.307. The number of carbonyl (C=O) groups excluding carboxylic acids is 1. The van der Waals surface area contributed by atoms with E-state index >= 15 is 0 Å². The zero-order valence-corrected chi connectivity index (χ0v) is 13.8. The average Bonchev–Trinajstić information content (AvgIpc) is 2.13. The summed E-state index contributed by atoms with van der Waals surface area (Å²) in [5, 5.41) is 0.151. The van der Waals surface area contributed by atoms with Crippen LogP contribution in [-0.2, 0) is 9.53 Å². The van der Waals surface area contributed by atoms with Gasteiger partial charge < -0.3 is 4.74 Å². The van der Waals surface area contributed by atoms with E-state index in [0.29, 0.717) is 12.4 Å². The highest BCUT2D eigenvalue weighted by Gasteiger charge is 2.35. The summed E-state index contributed by atoms with van der Waals surface area (Å²) in [7, 11) is 2.17. The third kappa shape index (κ3) is 5.56. The molecule has 0 bridgehead atoms. The molecule has 0 spiro atoms. The van der Waals surface area contributed by atoms with Gasteiger partial charge in [-0.3, -0.25) is 4.79 Å². The molecule has 0 saturated carbocycles. The lowest BCUT2D eigenvalue weighted by molar-refractivity contribution is -0.136. The molecule has 0 aromatic carbocycles. The van der Waals surface area contributed by atoms with Gasteiger partial charge in [0.1, 0.15) is 13.6 Å². The number of rotatable bonds is 6. The molecule has 0 aliphatic rings. The summed E-state index contributed by atoms with van der Waals surface area (Å²) < 4.78 is 5.85. The molecule has 0 aliphatic heterocycles. The highest BCUT2D eigenvalue weighted by molar-refractivity contribution is 6.15. The summed E-state index contributed by atoms with van der Waals surface area (Å²) in [6.07, 6.45) is 0.988. The lowest BCUT2D eigenvalue weighted by Crippen LogP contribution is -2.36. The first kappa shape index (κ1) is 17.7. The second-order valence-corrected chi connectivity index (χ2v) is 8.09. The third-order valence-corrected chi connectivity index (χ3v) is 3.61. The summed E-state index contributed by atoms with van der Waals surface area (Å²) in [6, 6.07) is 0. The zero-order valence-electron chi connectivity index (χ0n) is 13.8. The molecule has 0 aliphatic carbocycles. The molecule has 1 unspecified atom stereocenters. The van der Waals surface area contributed by atoms with Gasteiger partial charge in [-0.15, -0.1) is 0 Å². The quantitative estimate of drug-likeness (QED) is 0.680. The average molecular weight is 254 g/mol. The van der Waals surface area contributed by atoms with Crippen LogP contribution < -0.4 is 0 Å². The topological polar surface area (TPSA) is 26.3 Å².